The van der Waals surface area contributed by atoms with E-state index in [1.807, 2.05) is 0 Å². The number of methoxy groups -OCH3 is 1. The van der Waals surface area contributed by atoms with Crippen LogP contribution in [0, 0.1) is 17.5 Å². The lowest BCUT2D eigenvalue weighted by Crippen LogP contribution is -2.01. The smallest absolute Gasteiger partial charge is 0.346 e. The van der Waals surface area contributed by atoms with Crippen LogP contribution in [-0.2, 0) is 0 Å². The number of halogens is 4. The van der Waals surface area contributed by atoms with Crippen LogP contribution in [0.5, 0.6) is 5.75 Å². The first-order valence-electron chi connectivity index (χ1n) is 6.52. The average molecular weight is 373 g/mol. The second-order valence-corrected chi connectivity index (χ2v) is 6.31. The maximum Gasteiger partial charge on any atom is 0.346 e. The van der Waals surface area contributed by atoms with Gasteiger partial charge >= 0.3 is 5.97 Å². The fourth-order valence-electron chi connectivity index (χ4n) is 2.43. The zero-order valence-corrected chi connectivity index (χ0v) is 13.6. The third-order valence-corrected chi connectivity index (χ3v) is 4.81. The molecule has 3 rings (SSSR count). The van der Waals surface area contributed by atoms with E-state index in [0.717, 1.165) is 18.4 Å². The van der Waals surface area contributed by atoms with E-state index in [1.165, 1.54) is 18.2 Å². The number of hydrogen-bond donors (Lipinski definition) is 1. The Balaban J connectivity index is 2.44. The van der Waals surface area contributed by atoms with E-state index in [9.17, 15) is 23.1 Å². The van der Waals surface area contributed by atoms with E-state index >= 15 is 0 Å². The van der Waals surface area contributed by atoms with Crippen molar-refractivity contribution in [1.29, 1.82) is 0 Å². The van der Waals surface area contributed by atoms with Crippen molar-refractivity contribution in [2.45, 2.75) is 0 Å². The molecule has 0 bridgehead atoms. The van der Waals surface area contributed by atoms with E-state index in [0.29, 0.717) is 21.2 Å². The Bertz CT molecular complexity index is 985. The van der Waals surface area contributed by atoms with Crippen molar-refractivity contribution in [2.24, 2.45) is 0 Å². The highest BCUT2D eigenvalue weighted by Crippen LogP contribution is 2.43. The summed E-state index contributed by atoms with van der Waals surface area (Å²) in [5.41, 5.74) is -0.439. The van der Waals surface area contributed by atoms with E-state index in [1.54, 1.807) is 0 Å². The number of rotatable bonds is 3. The molecule has 0 aliphatic carbocycles. The number of aromatic carboxylic acids is 1. The highest BCUT2D eigenvalue weighted by molar-refractivity contribution is 7.21. The first kappa shape index (κ1) is 16.6. The summed E-state index contributed by atoms with van der Waals surface area (Å²) < 4.78 is 47.1. The molecular formula is C16H8ClF3O3S. The monoisotopic (exact) mass is 372 g/mol. The van der Waals surface area contributed by atoms with Crippen LogP contribution in [0.4, 0.5) is 13.2 Å². The highest BCUT2D eigenvalue weighted by atomic mass is 35.5. The molecule has 0 spiro atoms. The van der Waals surface area contributed by atoms with Crippen LogP contribution in [-0.4, -0.2) is 18.2 Å². The van der Waals surface area contributed by atoms with Gasteiger partial charge in [0, 0.05) is 26.2 Å². The fraction of sp³-hybridized carbons (Fsp3) is 0.0625. The van der Waals surface area contributed by atoms with Crippen molar-refractivity contribution in [3.8, 4) is 16.9 Å². The van der Waals surface area contributed by atoms with Gasteiger partial charge in [0.1, 0.15) is 4.88 Å². The van der Waals surface area contributed by atoms with Gasteiger partial charge < -0.3 is 9.84 Å². The van der Waals surface area contributed by atoms with E-state index in [2.05, 4.69) is 4.74 Å². The number of ether oxygens (including phenoxy) is 1. The average Bonchev–Trinajstić information content (AvgIpc) is 2.90. The van der Waals surface area contributed by atoms with Crippen LogP contribution in [0.1, 0.15) is 9.67 Å². The maximum absolute atomic E-state index is 14.6. The van der Waals surface area contributed by atoms with Crippen LogP contribution < -0.4 is 4.74 Å². The second kappa shape index (κ2) is 5.99. The van der Waals surface area contributed by atoms with Gasteiger partial charge in [-0.3, -0.25) is 0 Å². The zero-order valence-electron chi connectivity index (χ0n) is 12.0. The molecule has 1 aromatic heterocycles. The summed E-state index contributed by atoms with van der Waals surface area (Å²) in [6, 6.07) is 5.14. The molecule has 3 nitrogen and oxygen atoms in total. The molecule has 0 atom stereocenters. The van der Waals surface area contributed by atoms with Gasteiger partial charge in [-0.05, 0) is 18.2 Å². The molecule has 124 valence electrons. The minimum Gasteiger partial charge on any atom is -0.491 e. The topological polar surface area (TPSA) is 46.5 Å². The summed E-state index contributed by atoms with van der Waals surface area (Å²) in [6.07, 6.45) is 0. The molecule has 0 amide bonds. The molecule has 0 aliphatic rings. The lowest BCUT2D eigenvalue weighted by atomic mass is 10.0. The predicted octanol–water partition coefficient (Wildman–Crippen LogP) is 5.35. The quantitative estimate of drug-likeness (QED) is 0.631. The number of carboxylic acid groups (broad SMARTS) is 1. The van der Waals surface area contributed by atoms with Crippen LogP contribution in [0.15, 0.2) is 24.3 Å². The van der Waals surface area contributed by atoms with Crippen molar-refractivity contribution in [3.63, 3.8) is 0 Å². The Kier molecular flexibility index (Phi) is 4.15. The van der Waals surface area contributed by atoms with Crippen molar-refractivity contribution >= 4 is 39.0 Å². The van der Waals surface area contributed by atoms with Gasteiger partial charge in [0.25, 0.3) is 0 Å². The van der Waals surface area contributed by atoms with E-state index < -0.39 is 34.7 Å². The molecule has 24 heavy (non-hydrogen) atoms. The van der Waals surface area contributed by atoms with Crippen molar-refractivity contribution in [2.75, 3.05) is 7.11 Å². The number of hydrogen-bond acceptors (Lipinski definition) is 3. The van der Waals surface area contributed by atoms with Crippen molar-refractivity contribution in [1.82, 2.24) is 0 Å². The summed E-state index contributed by atoms with van der Waals surface area (Å²) in [4.78, 5) is 11.3. The van der Waals surface area contributed by atoms with Crippen LogP contribution in [0.25, 0.3) is 21.2 Å². The van der Waals surface area contributed by atoms with Crippen LogP contribution >= 0.6 is 22.9 Å². The Labute approximate surface area is 142 Å². The number of carbonyl (C=O) groups is 1. The van der Waals surface area contributed by atoms with Gasteiger partial charge in [-0.2, -0.15) is 4.39 Å². The Hall–Kier alpha value is -2.25. The standard InChI is InChI=1S/C16H8ClF3O3S/c1-23-14-12(19)8(5-9(18)13(14)20)11-7-3-2-6(17)4-10(7)24-15(11)16(21)22/h2-5H,1H3,(H,21,22). The molecule has 0 saturated heterocycles. The normalized spacial score (nSPS) is 11.0. The third-order valence-electron chi connectivity index (χ3n) is 3.44. The van der Waals surface area contributed by atoms with Gasteiger partial charge in [0.05, 0.1) is 7.11 Å². The minimum atomic E-state index is -1.47. The lowest BCUT2D eigenvalue weighted by Gasteiger charge is -2.10. The molecule has 0 radical (unpaired) electrons. The van der Waals surface area contributed by atoms with Crippen LogP contribution in [0.2, 0.25) is 5.02 Å². The largest absolute Gasteiger partial charge is 0.491 e. The van der Waals surface area contributed by atoms with Gasteiger partial charge in [-0.1, -0.05) is 17.7 Å². The van der Waals surface area contributed by atoms with Gasteiger partial charge in [-0.25, -0.2) is 13.6 Å². The summed E-state index contributed by atoms with van der Waals surface area (Å²) in [5.74, 6) is -6.21. The Morgan fingerprint density at radius 2 is 1.92 bits per heavy atom. The molecule has 0 unspecified atom stereocenters. The number of fused-ring (bicyclic) bond motifs is 1. The molecule has 1 N–H and O–H groups in total. The Morgan fingerprint density at radius 1 is 1.21 bits per heavy atom. The number of thiophene rings is 1. The molecular weight excluding hydrogens is 365 g/mol. The van der Waals surface area contributed by atoms with Gasteiger partial charge in [0.2, 0.25) is 5.82 Å². The summed E-state index contributed by atoms with van der Waals surface area (Å²) in [6.45, 7) is 0. The first-order valence-corrected chi connectivity index (χ1v) is 7.71. The predicted molar refractivity (Wildman–Crippen MR) is 85.7 cm³/mol. The fourth-order valence-corrected chi connectivity index (χ4v) is 3.76. The summed E-state index contributed by atoms with van der Waals surface area (Å²) >= 11 is 6.75. The molecule has 0 fully saturated rings. The maximum atomic E-state index is 14.6. The molecule has 2 aromatic carbocycles. The van der Waals surface area contributed by atoms with Crippen LogP contribution in [0.3, 0.4) is 0 Å². The van der Waals surface area contributed by atoms with Gasteiger partial charge in [0.15, 0.2) is 17.4 Å². The van der Waals surface area contributed by atoms with Gasteiger partial charge in [-0.15, -0.1) is 11.3 Å². The third kappa shape index (κ3) is 2.50. The van der Waals surface area contributed by atoms with Crippen molar-refractivity contribution in [3.05, 3.63) is 51.6 Å². The second-order valence-electron chi connectivity index (χ2n) is 4.82. The van der Waals surface area contributed by atoms with E-state index in [4.69, 9.17) is 11.6 Å². The summed E-state index contributed by atoms with van der Waals surface area (Å²) in [7, 11) is 0.994. The molecule has 0 aliphatic heterocycles. The molecule has 3 aromatic rings. The minimum absolute atomic E-state index is 0.0473. The summed E-state index contributed by atoms with van der Waals surface area (Å²) in [5, 5.41) is 10.1. The van der Waals surface area contributed by atoms with E-state index in [-0.39, 0.29) is 10.4 Å². The molecule has 8 heteroatoms. The molecule has 0 saturated carbocycles. The zero-order chi connectivity index (χ0) is 17.6. The SMILES string of the molecule is COc1c(F)c(F)cc(-c2c(C(=O)O)sc3cc(Cl)ccc23)c1F. The van der Waals surface area contributed by atoms with Crippen molar-refractivity contribution < 1.29 is 27.8 Å². The Morgan fingerprint density at radius 3 is 2.54 bits per heavy atom. The first-order chi connectivity index (χ1) is 11.3. The highest BCUT2D eigenvalue weighted by Gasteiger charge is 2.26. The lowest BCUT2D eigenvalue weighted by molar-refractivity contribution is 0.0703. The molecule has 1 heterocycles. The number of benzene rings is 2. The number of carboxylic acids is 1.